The van der Waals surface area contributed by atoms with Crippen molar-refractivity contribution in [2.24, 2.45) is 0 Å². The molecule has 5 nitrogen and oxygen atoms in total. The standard InChI is InChI=1S/C13H20BrNO4S/c1-4-19-13(2,3)9-15-20(17,18)12-7-10(8-16)5-6-11(12)14/h5-7,15-16H,4,8-9H2,1-3H3. The number of ether oxygens (including phenoxy) is 1. The molecule has 1 aromatic carbocycles. The van der Waals surface area contributed by atoms with Gasteiger partial charge in [-0.3, -0.25) is 0 Å². The minimum atomic E-state index is -3.66. The molecule has 114 valence electrons. The monoisotopic (exact) mass is 365 g/mol. The van der Waals surface area contributed by atoms with E-state index in [-0.39, 0.29) is 18.0 Å². The summed E-state index contributed by atoms with van der Waals surface area (Å²) < 4.78 is 33.0. The Morgan fingerprint density at radius 1 is 1.40 bits per heavy atom. The van der Waals surface area contributed by atoms with Crippen molar-refractivity contribution in [1.29, 1.82) is 0 Å². The summed E-state index contributed by atoms with van der Waals surface area (Å²) in [5.74, 6) is 0. The molecule has 0 unspecified atom stereocenters. The zero-order valence-corrected chi connectivity index (χ0v) is 14.2. The Labute approximate surface area is 128 Å². The fraction of sp³-hybridized carbons (Fsp3) is 0.538. The van der Waals surface area contributed by atoms with Crippen LogP contribution in [0.1, 0.15) is 26.3 Å². The Morgan fingerprint density at radius 2 is 2.05 bits per heavy atom. The lowest BCUT2D eigenvalue weighted by Crippen LogP contribution is -2.40. The van der Waals surface area contributed by atoms with E-state index in [1.807, 2.05) is 20.8 Å². The molecule has 20 heavy (non-hydrogen) atoms. The van der Waals surface area contributed by atoms with Crippen molar-refractivity contribution in [1.82, 2.24) is 4.72 Å². The van der Waals surface area contributed by atoms with Crippen LogP contribution in [0, 0.1) is 0 Å². The Bertz CT molecular complexity index is 557. The highest BCUT2D eigenvalue weighted by Gasteiger charge is 2.24. The van der Waals surface area contributed by atoms with Crippen LogP contribution in [0.3, 0.4) is 0 Å². The highest BCUT2D eigenvalue weighted by molar-refractivity contribution is 9.10. The van der Waals surface area contributed by atoms with E-state index >= 15 is 0 Å². The fourth-order valence-corrected chi connectivity index (χ4v) is 3.85. The first kappa shape index (κ1) is 17.6. The lowest BCUT2D eigenvalue weighted by Gasteiger charge is -2.25. The summed E-state index contributed by atoms with van der Waals surface area (Å²) in [7, 11) is -3.66. The van der Waals surface area contributed by atoms with Crippen LogP contribution >= 0.6 is 15.9 Å². The fourth-order valence-electron chi connectivity index (χ4n) is 1.64. The zero-order chi connectivity index (χ0) is 15.4. The van der Waals surface area contributed by atoms with E-state index in [0.29, 0.717) is 16.6 Å². The van der Waals surface area contributed by atoms with Crippen LogP contribution in [0.5, 0.6) is 0 Å². The van der Waals surface area contributed by atoms with Gasteiger partial charge in [0.25, 0.3) is 0 Å². The van der Waals surface area contributed by atoms with Gasteiger partial charge in [0.2, 0.25) is 10.0 Å². The highest BCUT2D eigenvalue weighted by Crippen LogP contribution is 2.23. The van der Waals surface area contributed by atoms with E-state index in [9.17, 15) is 8.42 Å². The maximum Gasteiger partial charge on any atom is 0.241 e. The van der Waals surface area contributed by atoms with Crippen LogP contribution < -0.4 is 4.72 Å². The SMILES string of the molecule is CCOC(C)(C)CNS(=O)(=O)c1cc(CO)ccc1Br. The highest BCUT2D eigenvalue weighted by atomic mass is 79.9. The molecule has 0 bridgehead atoms. The molecule has 0 spiro atoms. The van der Waals surface area contributed by atoms with Crippen molar-refractivity contribution in [3.05, 3.63) is 28.2 Å². The average molecular weight is 366 g/mol. The molecule has 0 fully saturated rings. The first-order valence-corrected chi connectivity index (χ1v) is 8.52. The number of hydrogen-bond donors (Lipinski definition) is 2. The maximum atomic E-state index is 12.3. The molecule has 0 aliphatic heterocycles. The summed E-state index contributed by atoms with van der Waals surface area (Å²) in [6.07, 6.45) is 0. The van der Waals surface area contributed by atoms with Gasteiger partial charge in [-0.15, -0.1) is 0 Å². The third kappa shape index (κ3) is 4.82. The molecule has 2 N–H and O–H groups in total. The summed E-state index contributed by atoms with van der Waals surface area (Å²) >= 11 is 3.21. The minimum Gasteiger partial charge on any atom is -0.392 e. The number of hydrogen-bond acceptors (Lipinski definition) is 4. The van der Waals surface area contributed by atoms with Crippen LogP contribution in [-0.2, 0) is 21.4 Å². The van der Waals surface area contributed by atoms with E-state index in [1.165, 1.54) is 6.07 Å². The van der Waals surface area contributed by atoms with Crippen LogP contribution in [0.4, 0.5) is 0 Å². The van der Waals surface area contributed by atoms with Gasteiger partial charge in [0, 0.05) is 17.6 Å². The summed E-state index contributed by atoms with van der Waals surface area (Å²) in [4.78, 5) is 0.108. The largest absolute Gasteiger partial charge is 0.392 e. The van der Waals surface area contributed by atoms with Gasteiger partial charge >= 0.3 is 0 Å². The van der Waals surface area contributed by atoms with E-state index in [0.717, 1.165) is 0 Å². The Balaban J connectivity index is 2.94. The average Bonchev–Trinajstić information content (AvgIpc) is 2.37. The number of nitrogens with one attached hydrogen (secondary N) is 1. The number of rotatable bonds is 7. The first-order valence-electron chi connectivity index (χ1n) is 6.25. The van der Waals surface area contributed by atoms with Crippen molar-refractivity contribution < 1.29 is 18.3 Å². The molecule has 0 saturated carbocycles. The second kappa shape index (κ2) is 7.00. The van der Waals surface area contributed by atoms with Crippen molar-refractivity contribution in [3.63, 3.8) is 0 Å². The van der Waals surface area contributed by atoms with Gasteiger partial charge in [-0.1, -0.05) is 6.07 Å². The molecule has 7 heteroatoms. The van der Waals surface area contributed by atoms with Gasteiger partial charge in [-0.2, -0.15) is 0 Å². The zero-order valence-electron chi connectivity index (χ0n) is 11.8. The van der Waals surface area contributed by atoms with Gasteiger partial charge in [-0.05, 0) is 54.4 Å². The summed E-state index contributed by atoms with van der Waals surface area (Å²) in [6.45, 7) is 5.96. The molecule has 0 aliphatic carbocycles. The molecular formula is C13H20BrNO4S. The maximum absolute atomic E-state index is 12.3. The first-order chi connectivity index (χ1) is 9.22. The molecule has 0 atom stereocenters. The van der Waals surface area contributed by atoms with Gasteiger partial charge < -0.3 is 9.84 Å². The van der Waals surface area contributed by atoms with Gasteiger partial charge in [0.15, 0.2) is 0 Å². The molecule has 0 aromatic heterocycles. The second-order valence-corrected chi connectivity index (χ2v) is 7.53. The van der Waals surface area contributed by atoms with Crippen molar-refractivity contribution >= 4 is 26.0 Å². The van der Waals surface area contributed by atoms with E-state index in [1.54, 1.807) is 12.1 Å². The molecule has 1 rings (SSSR count). The third-order valence-electron chi connectivity index (χ3n) is 2.69. The molecule has 0 amide bonds. The summed E-state index contributed by atoms with van der Waals surface area (Å²) in [6, 6.07) is 4.71. The van der Waals surface area contributed by atoms with Gasteiger partial charge in [0.1, 0.15) is 0 Å². The molecule has 0 aliphatic rings. The van der Waals surface area contributed by atoms with Crippen LogP contribution in [0.25, 0.3) is 0 Å². The molecule has 0 saturated heterocycles. The number of benzene rings is 1. The van der Waals surface area contributed by atoms with Crippen molar-refractivity contribution in [2.45, 2.75) is 37.9 Å². The number of aliphatic hydroxyl groups excluding tert-OH is 1. The van der Waals surface area contributed by atoms with Crippen LogP contribution in [0.15, 0.2) is 27.6 Å². The number of sulfonamides is 1. The quantitative estimate of drug-likeness (QED) is 0.774. The minimum absolute atomic E-state index is 0.108. The van der Waals surface area contributed by atoms with Crippen LogP contribution in [-0.4, -0.2) is 32.3 Å². The summed E-state index contributed by atoms with van der Waals surface area (Å²) in [5, 5.41) is 9.10. The topological polar surface area (TPSA) is 75.6 Å². The van der Waals surface area contributed by atoms with Crippen LogP contribution in [0.2, 0.25) is 0 Å². The Hall–Kier alpha value is -0.470. The lowest BCUT2D eigenvalue weighted by atomic mass is 10.1. The summed E-state index contributed by atoms with van der Waals surface area (Å²) in [5.41, 5.74) is -0.0410. The van der Waals surface area contributed by atoms with E-state index < -0.39 is 15.6 Å². The predicted octanol–water partition coefficient (Wildman–Crippen LogP) is 2.03. The normalized spacial score (nSPS) is 12.7. The number of halogens is 1. The van der Waals surface area contributed by atoms with E-state index in [4.69, 9.17) is 9.84 Å². The third-order valence-corrected chi connectivity index (χ3v) is 5.09. The number of aliphatic hydroxyl groups is 1. The predicted molar refractivity (Wildman–Crippen MR) is 81.0 cm³/mol. The van der Waals surface area contributed by atoms with Gasteiger partial charge in [0.05, 0.1) is 17.1 Å². The molecule has 0 radical (unpaired) electrons. The molecular weight excluding hydrogens is 346 g/mol. The molecule has 1 aromatic rings. The van der Waals surface area contributed by atoms with Crippen molar-refractivity contribution in [3.8, 4) is 0 Å². The molecule has 0 heterocycles. The Morgan fingerprint density at radius 3 is 2.60 bits per heavy atom. The van der Waals surface area contributed by atoms with E-state index in [2.05, 4.69) is 20.7 Å². The smallest absolute Gasteiger partial charge is 0.241 e. The lowest BCUT2D eigenvalue weighted by molar-refractivity contribution is -0.00515. The second-order valence-electron chi connectivity index (χ2n) is 4.94. The Kier molecular flexibility index (Phi) is 6.15. The van der Waals surface area contributed by atoms with Crippen molar-refractivity contribution in [2.75, 3.05) is 13.2 Å². The van der Waals surface area contributed by atoms with Gasteiger partial charge in [-0.25, -0.2) is 13.1 Å².